The summed E-state index contributed by atoms with van der Waals surface area (Å²) in [6.45, 7) is 6.43. The number of pyridine rings is 1. The average molecular weight is 373 g/mol. The van der Waals surface area contributed by atoms with Crippen LogP contribution in [0.15, 0.2) is 27.1 Å². The van der Waals surface area contributed by atoms with E-state index in [4.69, 9.17) is 5.84 Å². The number of nitrogens with one attached hydrogen (secondary N) is 1. The summed E-state index contributed by atoms with van der Waals surface area (Å²) in [6, 6.07) is 6.17. The van der Waals surface area contributed by atoms with Crippen LogP contribution in [0.1, 0.15) is 26.3 Å². The lowest BCUT2D eigenvalue weighted by molar-refractivity contribution is 0.590. The molecule has 0 atom stereocenters. The molecule has 2 aromatic rings. The third-order valence-electron chi connectivity index (χ3n) is 2.78. The maximum atomic E-state index is 5.58. The standard InChI is InChI=1S/C13H15Br2N3/c1-13(2,3)9-5-7-4-8(14)6-10(15)11(7)17-12(9)18-16/h4-6H,16H2,1-3H3,(H,17,18). The van der Waals surface area contributed by atoms with Crippen molar-refractivity contribution in [1.82, 2.24) is 4.98 Å². The molecule has 0 saturated carbocycles. The monoisotopic (exact) mass is 371 g/mol. The average Bonchev–Trinajstić information content (AvgIpc) is 2.26. The van der Waals surface area contributed by atoms with Gasteiger partial charge in [-0.2, -0.15) is 0 Å². The number of benzene rings is 1. The third-order valence-corrected chi connectivity index (χ3v) is 3.84. The normalized spacial score (nSPS) is 11.9. The van der Waals surface area contributed by atoms with E-state index in [9.17, 15) is 0 Å². The molecule has 1 aromatic carbocycles. The molecule has 0 unspecified atom stereocenters. The van der Waals surface area contributed by atoms with E-state index in [1.807, 2.05) is 6.07 Å². The largest absolute Gasteiger partial charge is 0.308 e. The van der Waals surface area contributed by atoms with Crippen molar-refractivity contribution in [3.8, 4) is 0 Å². The highest BCUT2D eigenvalue weighted by Crippen LogP contribution is 2.34. The summed E-state index contributed by atoms with van der Waals surface area (Å²) >= 11 is 7.02. The Hall–Kier alpha value is -0.650. The van der Waals surface area contributed by atoms with Gasteiger partial charge in [0.15, 0.2) is 0 Å². The van der Waals surface area contributed by atoms with E-state index in [0.717, 1.165) is 31.2 Å². The summed E-state index contributed by atoms with van der Waals surface area (Å²) in [5.74, 6) is 6.30. The second-order valence-corrected chi connectivity index (χ2v) is 7.01. The zero-order chi connectivity index (χ0) is 13.5. The van der Waals surface area contributed by atoms with Crippen molar-refractivity contribution in [2.24, 2.45) is 5.84 Å². The highest BCUT2D eigenvalue weighted by Gasteiger charge is 2.20. The molecule has 5 heteroatoms. The molecule has 96 valence electrons. The van der Waals surface area contributed by atoms with Gasteiger partial charge in [-0.1, -0.05) is 36.7 Å². The van der Waals surface area contributed by atoms with Gasteiger partial charge in [0.1, 0.15) is 5.82 Å². The number of nitrogens with zero attached hydrogens (tertiary/aromatic N) is 1. The summed E-state index contributed by atoms with van der Waals surface area (Å²) < 4.78 is 1.97. The molecule has 0 amide bonds. The smallest absolute Gasteiger partial charge is 0.144 e. The van der Waals surface area contributed by atoms with Gasteiger partial charge in [0, 0.05) is 19.9 Å². The molecule has 0 aliphatic rings. The van der Waals surface area contributed by atoms with Crippen LogP contribution >= 0.6 is 31.9 Å². The molecule has 0 radical (unpaired) electrons. The number of nitrogen functional groups attached to an aromatic ring is 1. The van der Waals surface area contributed by atoms with Crippen molar-refractivity contribution in [2.45, 2.75) is 26.2 Å². The highest BCUT2D eigenvalue weighted by molar-refractivity contribution is 9.11. The van der Waals surface area contributed by atoms with E-state index in [-0.39, 0.29) is 5.41 Å². The Balaban J connectivity index is 2.81. The van der Waals surface area contributed by atoms with Gasteiger partial charge in [-0.3, -0.25) is 0 Å². The molecule has 0 saturated heterocycles. The summed E-state index contributed by atoms with van der Waals surface area (Å²) in [7, 11) is 0. The number of fused-ring (bicyclic) bond motifs is 1. The predicted molar refractivity (Wildman–Crippen MR) is 83.7 cm³/mol. The van der Waals surface area contributed by atoms with Crippen molar-refractivity contribution < 1.29 is 0 Å². The van der Waals surface area contributed by atoms with Gasteiger partial charge in [-0.25, -0.2) is 10.8 Å². The first-order chi connectivity index (χ1) is 8.32. The lowest BCUT2D eigenvalue weighted by Gasteiger charge is -2.22. The van der Waals surface area contributed by atoms with Crippen LogP contribution in [-0.2, 0) is 5.41 Å². The number of rotatable bonds is 1. The molecule has 0 aliphatic heterocycles. The molecular formula is C13H15Br2N3. The first-order valence-electron chi connectivity index (χ1n) is 5.60. The van der Waals surface area contributed by atoms with E-state index in [1.165, 1.54) is 0 Å². The topological polar surface area (TPSA) is 50.9 Å². The van der Waals surface area contributed by atoms with Crippen molar-refractivity contribution in [2.75, 3.05) is 5.43 Å². The number of halogens is 2. The molecule has 3 N–H and O–H groups in total. The van der Waals surface area contributed by atoms with Crippen LogP contribution in [0.4, 0.5) is 5.82 Å². The van der Waals surface area contributed by atoms with Gasteiger partial charge >= 0.3 is 0 Å². The zero-order valence-corrected chi connectivity index (χ0v) is 13.7. The van der Waals surface area contributed by atoms with Crippen LogP contribution in [-0.4, -0.2) is 4.98 Å². The summed E-state index contributed by atoms with van der Waals surface area (Å²) in [5, 5.41) is 1.08. The van der Waals surface area contributed by atoms with E-state index in [1.54, 1.807) is 0 Å². The highest BCUT2D eigenvalue weighted by atomic mass is 79.9. The minimum atomic E-state index is -0.0162. The maximum absolute atomic E-state index is 5.58. The molecule has 0 fully saturated rings. The van der Waals surface area contributed by atoms with E-state index >= 15 is 0 Å². The fourth-order valence-electron chi connectivity index (χ4n) is 1.89. The first-order valence-corrected chi connectivity index (χ1v) is 7.18. The Morgan fingerprint density at radius 2 is 1.83 bits per heavy atom. The number of aromatic nitrogens is 1. The third kappa shape index (κ3) is 2.53. The van der Waals surface area contributed by atoms with Crippen LogP contribution in [0.2, 0.25) is 0 Å². The number of hydrogen-bond acceptors (Lipinski definition) is 3. The minimum absolute atomic E-state index is 0.0162. The molecule has 0 aliphatic carbocycles. The van der Waals surface area contributed by atoms with E-state index < -0.39 is 0 Å². The molecule has 0 spiro atoms. The van der Waals surface area contributed by atoms with Crippen molar-refractivity contribution in [3.05, 3.63) is 32.7 Å². The molecule has 0 bridgehead atoms. The molecule has 18 heavy (non-hydrogen) atoms. The Kier molecular flexibility index (Phi) is 3.67. The summed E-state index contributed by atoms with van der Waals surface area (Å²) in [6.07, 6.45) is 0. The van der Waals surface area contributed by atoms with Crippen LogP contribution < -0.4 is 11.3 Å². The minimum Gasteiger partial charge on any atom is -0.308 e. The van der Waals surface area contributed by atoms with E-state index in [2.05, 4.69) is 75.2 Å². The Morgan fingerprint density at radius 1 is 1.17 bits per heavy atom. The maximum Gasteiger partial charge on any atom is 0.144 e. The quantitative estimate of drug-likeness (QED) is 0.578. The van der Waals surface area contributed by atoms with Gasteiger partial charge in [0.25, 0.3) is 0 Å². The summed E-state index contributed by atoms with van der Waals surface area (Å²) in [4.78, 5) is 4.60. The van der Waals surface area contributed by atoms with Crippen molar-refractivity contribution in [3.63, 3.8) is 0 Å². The van der Waals surface area contributed by atoms with Crippen LogP contribution in [0.25, 0.3) is 10.9 Å². The molecule has 3 nitrogen and oxygen atoms in total. The predicted octanol–water partition coefficient (Wildman–Crippen LogP) is 4.34. The lowest BCUT2D eigenvalue weighted by atomic mass is 9.86. The number of hydrazine groups is 1. The molecule has 2 rings (SSSR count). The lowest BCUT2D eigenvalue weighted by Crippen LogP contribution is -2.19. The fourth-order valence-corrected chi connectivity index (χ4v) is 3.24. The van der Waals surface area contributed by atoms with Crippen LogP contribution in [0.3, 0.4) is 0 Å². The van der Waals surface area contributed by atoms with Crippen LogP contribution in [0, 0.1) is 0 Å². The zero-order valence-electron chi connectivity index (χ0n) is 10.5. The van der Waals surface area contributed by atoms with Gasteiger partial charge in [-0.15, -0.1) is 0 Å². The van der Waals surface area contributed by atoms with Gasteiger partial charge in [0.05, 0.1) is 5.52 Å². The van der Waals surface area contributed by atoms with Gasteiger partial charge in [0.2, 0.25) is 0 Å². The van der Waals surface area contributed by atoms with Gasteiger partial charge < -0.3 is 5.43 Å². The fraction of sp³-hybridized carbons (Fsp3) is 0.308. The van der Waals surface area contributed by atoms with Crippen molar-refractivity contribution >= 4 is 48.6 Å². The van der Waals surface area contributed by atoms with Crippen molar-refractivity contribution in [1.29, 1.82) is 0 Å². The number of nitrogens with two attached hydrogens (primary N) is 1. The summed E-state index contributed by atoms with van der Waals surface area (Å²) in [5.41, 5.74) is 4.68. The molecular weight excluding hydrogens is 358 g/mol. The Bertz CT molecular complexity index is 603. The number of hydrogen-bond donors (Lipinski definition) is 2. The number of anilines is 1. The second-order valence-electron chi connectivity index (χ2n) is 5.24. The molecule has 1 aromatic heterocycles. The molecule has 1 heterocycles. The second kappa shape index (κ2) is 4.79. The van der Waals surface area contributed by atoms with E-state index in [0.29, 0.717) is 0 Å². The Labute approximate surface area is 123 Å². The van der Waals surface area contributed by atoms with Crippen LogP contribution in [0.5, 0.6) is 0 Å². The first kappa shape index (κ1) is 13.8. The van der Waals surface area contributed by atoms with Gasteiger partial charge in [-0.05, 0) is 39.5 Å². The SMILES string of the molecule is CC(C)(C)c1cc2cc(Br)cc(Br)c2nc1NN. The Morgan fingerprint density at radius 3 is 2.39 bits per heavy atom.